The van der Waals surface area contributed by atoms with E-state index in [2.05, 4.69) is 52.2 Å². The topological polar surface area (TPSA) is 21.3 Å². The zero-order chi connectivity index (χ0) is 9.10. The quantitative estimate of drug-likeness (QED) is 0.845. The van der Waals surface area contributed by atoms with Crippen LogP contribution in [0.5, 0.6) is 0 Å². The Morgan fingerprint density at radius 2 is 2.23 bits per heavy atom. The maximum atomic E-state index is 5.30. The van der Waals surface area contributed by atoms with E-state index in [1.54, 1.807) is 0 Å². The van der Waals surface area contributed by atoms with Crippen molar-refractivity contribution in [2.45, 2.75) is 12.5 Å². The fourth-order valence-electron chi connectivity index (χ4n) is 1.45. The minimum atomic E-state index is 0.496. The molecule has 2 nitrogen and oxygen atoms in total. The highest BCUT2D eigenvalue weighted by Gasteiger charge is 2.15. The van der Waals surface area contributed by atoms with Gasteiger partial charge in [0, 0.05) is 15.9 Å². The van der Waals surface area contributed by atoms with Crippen molar-refractivity contribution < 1.29 is 4.74 Å². The third-order valence-electron chi connectivity index (χ3n) is 2.16. The Labute approximate surface area is 91.8 Å². The fourth-order valence-corrected chi connectivity index (χ4v) is 1.99. The number of halogens is 1. The summed E-state index contributed by atoms with van der Waals surface area (Å²) < 4.78 is 6.57. The number of hydrogen-bond donors (Lipinski definition) is 1. The Morgan fingerprint density at radius 3 is 2.92 bits per heavy atom. The Balaban J connectivity index is 2.04. The first-order chi connectivity index (χ1) is 6.36. The van der Waals surface area contributed by atoms with E-state index >= 15 is 0 Å². The van der Waals surface area contributed by atoms with E-state index in [-0.39, 0.29) is 0 Å². The summed E-state index contributed by atoms with van der Waals surface area (Å²) in [4.78, 5) is 0. The molecule has 3 heteroatoms. The van der Waals surface area contributed by atoms with Crippen LogP contribution in [0, 0.1) is 3.57 Å². The lowest BCUT2D eigenvalue weighted by Crippen LogP contribution is -2.19. The largest absolute Gasteiger partial charge is 0.379 e. The first kappa shape index (κ1) is 9.27. The molecule has 1 heterocycles. The zero-order valence-corrected chi connectivity index (χ0v) is 9.45. The molecule has 1 N–H and O–H groups in total. The lowest BCUT2D eigenvalue weighted by molar-refractivity contribution is 0.195. The van der Waals surface area contributed by atoms with Crippen LogP contribution in [-0.2, 0) is 4.74 Å². The molecule has 1 unspecified atom stereocenters. The van der Waals surface area contributed by atoms with Crippen molar-refractivity contribution in [1.82, 2.24) is 0 Å². The van der Waals surface area contributed by atoms with Gasteiger partial charge in [0.05, 0.1) is 12.6 Å². The summed E-state index contributed by atoms with van der Waals surface area (Å²) in [6, 6.07) is 8.83. The Kier molecular flexibility index (Phi) is 3.05. The third-order valence-corrected chi connectivity index (χ3v) is 3.10. The molecule has 0 aliphatic carbocycles. The number of rotatable bonds is 2. The Morgan fingerprint density at radius 1 is 1.38 bits per heavy atom. The van der Waals surface area contributed by atoms with Gasteiger partial charge in [-0.05, 0) is 41.1 Å². The Bertz CT molecular complexity index is 284. The molecular weight excluding hydrogens is 277 g/mol. The summed E-state index contributed by atoms with van der Waals surface area (Å²) in [6.07, 6.45) is 1.12. The van der Waals surface area contributed by atoms with E-state index in [4.69, 9.17) is 4.74 Å². The summed E-state index contributed by atoms with van der Waals surface area (Å²) in [6.45, 7) is 1.73. The van der Waals surface area contributed by atoms with Crippen LogP contribution >= 0.6 is 22.6 Å². The van der Waals surface area contributed by atoms with Crippen molar-refractivity contribution >= 4 is 28.3 Å². The van der Waals surface area contributed by atoms with Crippen molar-refractivity contribution in [3.63, 3.8) is 0 Å². The van der Waals surface area contributed by atoms with Crippen molar-refractivity contribution in [2.75, 3.05) is 18.5 Å². The van der Waals surface area contributed by atoms with Crippen molar-refractivity contribution in [1.29, 1.82) is 0 Å². The molecule has 0 aromatic heterocycles. The molecule has 0 amide bonds. The van der Waals surface area contributed by atoms with Gasteiger partial charge in [-0.3, -0.25) is 0 Å². The molecule has 0 spiro atoms. The summed E-state index contributed by atoms with van der Waals surface area (Å²) in [5.41, 5.74) is 1.22. The second-order valence-corrected chi connectivity index (χ2v) is 4.35. The highest BCUT2D eigenvalue weighted by atomic mass is 127. The molecule has 0 radical (unpaired) electrons. The first-order valence-electron chi connectivity index (χ1n) is 4.45. The van der Waals surface area contributed by atoms with Gasteiger partial charge in [-0.1, -0.05) is 12.1 Å². The molecule has 0 saturated carbocycles. The van der Waals surface area contributed by atoms with Crippen LogP contribution in [0.25, 0.3) is 0 Å². The number of nitrogens with one attached hydrogen (secondary N) is 1. The highest BCUT2D eigenvalue weighted by molar-refractivity contribution is 14.1. The standard InChI is InChI=1S/C10H12INO/c11-9-3-1-2-4-10(9)12-8-5-6-13-7-8/h1-4,8,12H,5-7H2. The molecule has 1 aromatic rings. The molecule has 1 saturated heterocycles. The number of ether oxygens (including phenoxy) is 1. The first-order valence-corrected chi connectivity index (χ1v) is 5.53. The predicted octanol–water partition coefficient (Wildman–Crippen LogP) is 2.49. The highest BCUT2D eigenvalue weighted by Crippen LogP contribution is 2.19. The van der Waals surface area contributed by atoms with Crippen LogP contribution in [0.1, 0.15) is 6.42 Å². The van der Waals surface area contributed by atoms with Gasteiger partial charge in [0.1, 0.15) is 0 Å². The molecule has 1 aliphatic heterocycles. The second kappa shape index (κ2) is 4.28. The molecule has 13 heavy (non-hydrogen) atoms. The van der Waals surface area contributed by atoms with Crippen LogP contribution < -0.4 is 5.32 Å². The van der Waals surface area contributed by atoms with Crippen LogP contribution in [0.15, 0.2) is 24.3 Å². The minimum Gasteiger partial charge on any atom is -0.379 e. The van der Waals surface area contributed by atoms with E-state index in [9.17, 15) is 0 Å². The van der Waals surface area contributed by atoms with E-state index in [0.29, 0.717) is 6.04 Å². The molecule has 2 rings (SSSR count). The van der Waals surface area contributed by atoms with Gasteiger partial charge in [0.25, 0.3) is 0 Å². The van der Waals surface area contributed by atoms with Gasteiger partial charge in [0.2, 0.25) is 0 Å². The van der Waals surface area contributed by atoms with Crippen LogP contribution in [0.3, 0.4) is 0 Å². The van der Waals surface area contributed by atoms with Crippen LogP contribution in [0.4, 0.5) is 5.69 Å². The minimum absolute atomic E-state index is 0.496. The number of anilines is 1. The van der Waals surface area contributed by atoms with Crippen LogP contribution in [-0.4, -0.2) is 19.3 Å². The van der Waals surface area contributed by atoms with Gasteiger partial charge in [-0.15, -0.1) is 0 Å². The number of hydrogen-bond acceptors (Lipinski definition) is 2. The van der Waals surface area contributed by atoms with Gasteiger partial charge in [-0.2, -0.15) is 0 Å². The van der Waals surface area contributed by atoms with E-state index in [0.717, 1.165) is 19.6 Å². The molecular formula is C10H12INO. The lowest BCUT2D eigenvalue weighted by atomic mass is 10.2. The molecule has 1 aromatic carbocycles. The van der Waals surface area contributed by atoms with Crippen molar-refractivity contribution in [3.8, 4) is 0 Å². The second-order valence-electron chi connectivity index (χ2n) is 3.18. The maximum Gasteiger partial charge on any atom is 0.0668 e. The predicted molar refractivity (Wildman–Crippen MR) is 62.0 cm³/mol. The summed E-state index contributed by atoms with van der Waals surface area (Å²) in [7, 11) is 0. The van der Waals surface area contributed by atoms with E-state index in [1.807, 2.05) is 0 Å². The average molecular weight is 289 g/mol. The van der Waals surface area contributed by atoms with Gasteiger partial charge < -0.3 is 10.1 Å². The molecule has 1 atom stereocenters. The maximum absolute atomic E-state index is 5.30. The molecule has 70 valence electrons. The molecule has 1 fully saturated rings. The monoisotopic (exact) mass is 289 g/mol. The average Bonchev–Trinajstić information content (AvgIpc) is 2.61. The number of benzene rings is 1. The fraction of sp³-hybridized carbons (Fsp3) is 0.400. The lowest BCUT2D eigenvalue weighted by Gasteiger charge is -2.13. The third kappa shape index (κ3) is 2.34. The van der Waals surface area contributed by atoms with Gasteiger partial charge in [0.15, 0.2) is 0 Å². The summed E-state index contributed by atoms with van der Waals surface area (Å²) in [5.74, 6) is 0. The zero-order valence-electron chi connectivity index (χ0n) is 7.29. The van der Waals surface area contributed by atoms with Gasteiger partial charge >= 0.3 is 0 Å². The smallest absolute Gasteiger partial charge is 0.0668 e. The van der Waals surface area contributed by atoms with Crippen LogP contribution in [0.2, 0.25) is 0 Å². The summed E-state index contributed by atoms with van der Waals surface area (Å²) >= 11 is 2.34. The van der Waals surface area contributed by atoms with Gasteiger partial charge in [-0.25, -0.2) is 0 Å². The normalized spacial score (nSPS) is 21.8. The van der Waals surface area contributed by atoms with Crippen molar-refractivity contribution in [3.05, 3.63) is 27.8 Å². The summed E-state index contributed by atoms with van der Waals surface area (Å²) in [5, 5.41) is 3.48. The number of para-hydroxylation sites is 1. The van der Waals surface area contributed by atoms with E-state index < -0.39 is 0 Å². The van der Waals surface area contributed by atoms with E-state index in [1.165, 1.54) is 9.26 Å². The molecule has 0 bridgehead atoms. The molecule has 1 aliphatic rings. The van der Waals surface area contributed by atoms with Crippen molar-refractivity contribution in [2.24, 2.45) is 0 Å². The Hall–Kier alpha value is -0.290. The SMILES string of the molecule is Ic1ccccc1NC1CCOC1.